The zero-order valence-corrected chi connectivity index (χ0v) is 17.6. The number of benzene rings is 1. The molecule has 0 bridgehead atoms. The van der Waals surface area contributed by atoms with Crippen molar-refractivity contribution in [2.24, 2.45) is 0 Å². The molecule has 0 spiro atoms. The molecule has 3 aromatic rings. The van der Waals surface area contributed by atoms with Crippen molar-refractivity contribution < 1.29 is 14.2 Å². The zero-order valence-electron chi connectivity index (χ0n) is 17.6. The van der Waals surface area contributed by atoms with Crippen LogP contribution in [0.4, 0.5) is 5.82 Å². The molecule has 0 atom stereocenters. The number of nitrogen functional groups attached to an aromatic ring is 1. The van der Waals surface area contributed by atoms with Crippen molar-refractivity contribution in [3.63, 3.8) is 0 Å². The van der Waals surface area contributed by atoms with E-state index in [1.54, 1.807) is 7.11 Å². The van der Waals surface area contributed by atoms with Crippen LogP contribution in [0.1, 0.15) is 44.0 Å². The summed E-state index contributed by atoms with van der Waals surface area (Å²) in [5, 5.41) is 8.42. The standard InChI is InChI=1S/C22H29N5O3/c1-3-4-5-18-24-19-20(27(18)14-15-6-8-16(28-2)9-7-15)22(26-25-21(19)23)30-17-10-12-29-13-11-17/h6-9,17H,3-5,10-14H2,1-2H3,(H2,23,25). The Balaban J connectivity index is 1.75. The van der Waals surface area contributed by atoms with Crippen molar-refractivity contribution in [3.8, 4) is 11.6 Å². The fourth-order valence-corrected chi connectivity index (χ4v) is 3.73. The molecule has 1 fully saturated rings. The van der Waals surface area contributed by atoms with Crippen LogP contribution in [0.5, 0.6) is 11.6 Å². The lowest BCUT2D eigenvalue weighted by atomic mass is 10.1. The first kappa shape index (κ1) is 20.4. The average Bonchev–Trinajstić information content (AvgIpc) is 3.14. The number of aryl methyl sites for hydroxylation is 1. The van der Waals surface area contributed by atoms with E-state index < -0.39 is 0 Å². The summed E-state index contributed by atoms with van der Waals surface area (Å²) >= 11 is 0. The van der Waals surface area contributed by atoms with Crippen LogP contribution in [0.15, 0.2) is 24.3 Å². The van der Waals surface area contributed by atoms with Crippen molar-refractivity contribution in [2.75, 3.05) is 26.1 Å². The Morgan fingerprint density at radius 3 is 2.63 bits per heavy atom. The number of aromatic nitrogens is 4. The Morgan fingerprint density at radius 1 is 1.17 bits per heavy atom. The van der Waals surface area contributed by atoms with Gasteiger partial charge >= 0.3 is 0 Å². The normalized spacial score (nSPS) is 14.9. The number of fused-ring (bicyclic) bond motifs is 1. The van der Waals surface area contributed by atoms with Gasteiger partial charge in [-0.2, -0.15) is 0 Å². The van der Waals surface area contributed by atoms with E-state index in [1.807, 2.05) is 12.1 Å². The first-order valence-electron chi connectivity index (χ1n) is 10.6. The van der Waals surface area contributed by atoms with Gasteiger partial charge in [-0.1, -0.05) is 25.5 Å². The third-order valence-electron chi connectivity index (χ3n) is 5.44. The largest absolute Gasteiger partial charge is 0.497 e. The Hall–Kier alpha value is -2.87. The summed E-state index contributed by atoms with van der Waals surface area (Å²) in [6.07, 6.45) is 4.72. The Kier molecular flexibility index (Phi) is 6.32. The number of unbranched alkanes of at least 4 members (excludes halogenated alkanes) is 1. The first-order chi connectivity index (χ1) is 14.7. The molecule has 1 aliphatic rings. The van der Waals surface area contributed by atoms with Crippen molar-refractivity contribution in [3.05, 3.63) is 35.7 Å². The van der Waals surface area contributed by atoms with Crippen LogP contribution in [0.3, 0.4) is 0 Å². The van der Waals surface area contributed by atoms with Crippen molar-refractivity contribution in [1.29, 1.82) is 0 Å². The van der Waals surface area contributed by atoms with Gasteiger partial charge in [0.25, 0.3) is 5.88 Å². The molecule has 0 radical (unpaired) electrons. The number of ether oxygens (including phenoxy) is 3. The SMILES string of the molecule is CCCCc1nc2c(N)nnc(OC3CCOCC3)c2n1Cc1ccc(OC)cc1. The summed E-state index contributed by atoms with van der Waals surface area (Å²) in [5.41, 5.74) is 8.77. The van der Waals surface area contributed by atoms with E-state index in [1.165, 1.54) is 0 Å². The van der Waals surface area contributed by atoms with Crippen LogP contribution in [0.2, 0.25) is 0 Å². The number of hydrogen-bond acceptors (Lipinski definition) is 7. The van der Waals surface area contributed by atoms with Gasteiger partial charge in [0.2, 0.25) is 0 Å². The van der Waals surface area contributed by atoms with Crippen LogP contribution in [0.25, 0.3) is 11.0 Å². The molecular formula is C22H29N5O3. The van der Waals surface area contributed by atoms with Crippen LogP contribution in [-0.2, 0) is 17.7 Å². The van der Waals surface area contributed by atoms with Crippen LogP contribution in [-0.4, -0.2) is 46.2 Å². The van der Waals surface area contributed by atoms with Gasteiger partial charge in [-0.15, -0.1) is 10.2 Å². The van der Waals surface area contributed by atoms with E-state index in [9.17, 15) is 0 Å². The van der Waals surface area contributed by atoms with Crippen LogP contribution < -0.4 is 15.2 Å². The molecule has 1 aromatic carbocycles. The van der Waals surface area contributed by atoms with Gasteiger partial charge in [0.15, 0.2) is 5.82 Å². The number of hydrogen-bond donors (Lipinski definition) is 1. The van der Waals surface area contributed by atoms with Crippen LogP contribution in [0, 0.1) is 0 Å². The van der Waals surface area contributed by atoms with E-state index >= 15 is 0 Å². The molecule has 3 heterocycles. The second-order valence-corrected chi connectivity index (χ2v) is 7.58. The molecule has 8 heteroatoms. The maximum Gasteiger partial charge on any atom is 0.260 e. The number of rotatable bonds is 8. The average molecular weight is 412 g/mol. The lowest BCUT2D eigenvalue weighted by Crippen LogP contribution is -2.26. The molecule has 2 N–H and O–H groups in total. The first-order valence-corrected chi connectivity index (χ1v) is 10.6. The predicted octanol–water partition coefficient (Wildman–Crippen LogP) is 3.37. The smallest absolute Gasteiger partial charge is 0.260 e. The number of nitrogens with two attached hydrogens (primary N) is 1. The lowest BCUT2D eigenvalue weighted by Gasteiger charge is -2.23. The second kappa shape index (κ2) is 9.30. The van der Waals surface area contributed by atoms with Gasteiger partial charge < -0.3 is 24.5 Å². The van der Waals surface area contributed by atoms with Gasteiger partial charge in [0.1, 0.15) is 28.7 Å². The highest BCUT2D eigenvalue weighted by Crippen LogP contribution is 2.30. The third-order valence-corrected chi connectivity index (χ3v) is 5.44. The molecule has 4 rings (SSSR count). The summed E-state index contributed by atoms with van der Waals surface area (Å²) < 4.78 is 19.2. The van der Waals surface area contributed by atoms with Crippen molar-refractivity contribution in [1.82, 2.24) is 19.7 Å². The van der Waals surface area contributed by atoms with Gasteiger partial charge in [0.05, 0.1) is 20.3 Å². The molecular weight excluding hydrogens is 382 g/mol. The van der Waals surface area contributed by atoms with Gasteiger partial charge in [-0.05, 0) is 24.1 Å². The maximum absolute atomic E-state index is 6.27. The molecule has 0 unspecified atom stereocenters. The minimum atomic E-state index is 0.0586. The van der Waals surface area contributed by atoms with E-state index in [0.29, 0.717) is 37.0 Å². The summed E-state index contributed by atoms with van der Waals surface area (Å²) in [6.45, 7) is 4.22. The quantitative estimate of drug-likeness (QED) is 0.607. The topological polar surface area (TPSA) is 97.3 Å². The minimum absolute atomic E-state index is 0.0586. The third kappa shape index (κ3) is 4.33. The molecule has 30 heavy (non-hydrogen) atoms. The molecule has 8 nitrogen and oxygen atoms in total. The summed E-state index contributed by atoms with van der Waals surface area (Å²) in [6, 6.07) is 8.05. The van der Waals surface area contributed by atoms with Crippen molar-refractivity contribution in [2.45, 2.75) is 51.7 Å². The van der Waals surface area contributed by atoms with E-state index in [2.05, 4.69) is 33.8 Å². The fourth-order valence-electron chi connectivity index (χ4n) is 3.73. The van der Waals surface area contributed by atoms with Gasteiger partial charge in [-0.3, -0.25) is 0 Å². The molecule has 160 valence electrons. The van der Waals surface area contributed by atoms with Gasteiger partial charge in [-0.25, -0.2) is 4.98 Å². The number of nitrogens with zero attached hydrogens (tertiary/aromatic N) is 4. The molecule has 1 saturated heterocycles. The number of imidazole rings is 1. The Morgan fingerprint density at radius 2 is 1.93 bits per heavy atom. The molecule has 0 amide bonds. The van der Waals surface area contributed by atoms with Crippen molar-refractivity contribution >= 4 is 16.9 Å². The number of methoxy groups -OCH3 is 1. The van der Waals surface area contributed by atoms with E-state index in [4.69, 9.17) is 24.9 Å². The maximum atomic E-state index is 6.27. The predicted molar refractivity (Wildman–Crippen MR) is 115 cm³/mol. The summed E-state index contributed by atoms with van der Waals surface area (Å²) in [4.78, 5) is 4.84. The van der Waals surface area contributed by atoms with Gasteiger partial charge in [0, 0.05) is 25.8 Å². The molecule has 1 aliphatic heterocycles. The lowest BCUT2D eigenvalue weighted by molar-refractivity contribution is 0.0239. The monoisotopic (exact) mass is 411 g/mol. The summed E-state index contributed by atoms with van der Waals surface area (Å²) in [5.74, 6) is 2.63. The van der Waals surface area contributed by atoms with Crippen LogP contribution >= 0.6 is 0 Å². The fraction of sp³-hybridized carbons (Fsp3) is 0.500. The minimum Gasteiger partial charge on any atom is -0.497 e. The highest BCUT2D eigenvalue weighted by molar-refractivity contribution is 5.88. The summed E-state index contributed by atoms with van der Waals surface area (Å²) in [7, 11) is 1.67. The molecule has 0 saturated carbocycles. The molecule has 0 aliphatic carbocycles. The second-order valence-electron chi connectivity index (χ2n) is 7.58. The molecule has 2 aromatic heterocycles. The van der Waals surface area contributed by atoms with E-state index in [0.717, 1.165) is 54.8 Å². The zero-order chi connectivity index (χ0) is 20.9. The highest BCUT2D eigenvalue weighted by atomic mass is 16.5. The van der Waals surface area contributed by atoms with E-state index in [-0.39, 0.29) is 6.10 Å². The Bertz CT molecular complexity index is 981. The Labute approximate surface area is 176 Å². The number of anilines is 1. The highest BCUT2D eigenvalue weighted by Gasteiger charge is 2.23.